The molecule has 2 aromatic rings. The smallest absolute Gasteiger partial charge is 0.194 e. The van der Waals surface area contributed by atoms with Crippen LogP contribution in [-0.4, -0.2) is 10.9 Å². The standard InChI is InChI=1S/C12H10Cl2FNO/c13-5-1-2-12-16-7-11(17-12)8-3-4-9(14)10(15)6-8/h3-4,6-7H,1-2,5H2. The third kappa shape index (κ3) is 2.99. The summed E-state index contributed by atoms with van der Waals surface area (Å²) in [5.74, 6) is 1.23. The number of benzene rings is 1. The fraction of sp³-hybridized carbons (Fsp3) is 0.250. The summed E-state index contributed by atoms with van der Waals surface area (Å²) >= 11 is 11.2. The van der Waals surface area contributed by atoms with Crippen LogP contribution in [0.1, 0.15) is 12.3 Å². The number of nitrogens with zero attached hydrogens (tertiary/aromatic N) is 1. The van der Waals surface area contributed by atoms with Gasteiger partial charge >= 0.3 is 0 Å². The van der Waals surface area contributed by atoms with E-state index in [4.69, 9.17) is 27.6 Å². The molecule has 0 radical (unpaired) electrons. The van der Waals surface area contributed by atoms with Gasteiger partial charge in [0.1, 0.15) is 5.82 Å². The van der Waals surface area contributed by atoms with Crippen LogP contribution in [0.4, 0.5) is 4.39 Å². The van der Waals surface area contributed by atoms with Crippen molar-refractivity contribution < 1.29 is 8.81 Å². The molecular formula is C12H10Cl2FNO. The minimum atomic E-state index is -0.470. The molecule has 0 fully saturated rings. The predicted octanol–water partition coefficient (Wildman–Crippen LogP) is 4.31. The van der Waals surface area contributed by atoms with Gasteiger partial charge in [0.2, 0.25) is 0 Å². The number of rotatable bonds is 4. The van der Waals surface area contributed by atoms with Crippen molar-refractivity contribution in [3.05, 3.63) is 41.1 Å². The lowest BCUT2D eigenvalue weighted by molar-refractivity contribution is 0.503. The maximum Gasteiger partial charge on any atom is 0.194 e. The molecule has 0 saturated carbocycles. The molecule has 2 nitrogen and oxygen atoms in total. The van der Waals surface area contributed by atoms with E-state index in [0.29, 0.717) is 29.5 Å². The molecule has 0 aliphatic carbocycles. The van der Waals surface area contributed by atoms with Crippen LogP contribution in [0.15, 0.2) is 28.8 Å². The summed E-state index contributed by atoms with van der Waals surface area (Å²) in [7, 11) is 0. The number of oxazole rings is 1. The molecule has 1 aromatic heterocycles. The van der Waals surface area contributed by atoms with Crippen LogP contribution in [-0.2, 0) is 6.42 Å². The number of hydrogen-bond acceptors (Lipinski definition) is 2. The van der Waals surface area contributed by atoms with Crippen LogP contribution < -0.4 is 0 Å². The van der Waals surface area contributed by atoms with Gasteiger partial charge in [0.25, 0.3) is 0 Å². The lowest BCUT2D eigenvalue weighted by Crippen LogP contribution is -1.84. The van der Waals surface area contributed by atoms with Crippen molar-refractivity contribution in [3.63, 3.8) is 0 Å². The Labute approximate surface area is 108 Å². The molecule has 0 bridgehead atoms. The van der Waals surface area contributed by atoms with Crippen molar-refractivity contribution in [2.45, 2.75) is 12.8 Å². The SMILES string of the molecule is Fc1cc(-c2cnc(CCCCl)o2)ccc1Cl. The Morgan fingerprint density at radius 3 is 2.88 bits per heavy atom. The van der Waals surface area contributed by atoms with Crippen LogP contribution in [0.3, 0.4) is 0 Å². The maximum absolute atomic E-state index is 13.3. The van der Waals surface area contributed by atoms with E-state index in [-0.39, 0.29) is 5.02 Å². The first-order valence-electron chi connectivity index (χ1n) is 5.17. The summed E-state index contributed by atoms with van der Waals surface area (Å²) in [6.07, 6.45) is 3.06. The highest BCUT2D eigenvalue weighted by Gasteiger charge is 2.08. The molecule has 0 atom stereocenters. The monoisotopic (exact) mass is 273 g/mol. The second-order valence-electron chi connectivity index (χ2n) is 3.54. The Hall–Kier alpha value is -1.06. The minimum absolute atomic E-state index is 0.0932. The number of aryl methyl sites for hydroxylation is 1. The molecule has 90 valence electrons. The Morgan fingerprint density at radius 1 is 1.35 bits per heavy atom. The second-order valence-corrected chi connectivity index (χ2v) is 4.32. The summed E-state index contributed by atoms with van der Waals surface area (Å²) in [4.78, 5) is 4.10. The highest BCUT2D eigenvalue weighted by Crippen LogP contribution is 2.25. The Bertz CT molecular complexity index is 513. The molecule has 2 rings (SSSR count). The largest absolute Gasteiger partial charge is 0.441 e. The van der Waals surface area contributed by atoms with Gasteiger partial charge in [-0.15, -0.1) is 11.6 Å². The summed E-state index contributed by atoms with van der Waals surface area (Å²) < 4.78 is 18.7. The molecule has 0 N–H and O–H groups in total. The van der Waals surface area contributed by atoms with Gasteiger partial charge in [-0.05, 0) is 24.6 Å². The summed E-state index contributed by atoms with van der Waals surface area (Å²) in [6.45, 7) is 0. The van der Waals surface area contributed by atoms with Crippen molar-refractivity contribution in [2.75, 3.05) is 5.88 Å². The van der Waals surface area contributed by atoms with E-state index in [2.05, 4.69) is 4.98 Å². The number of alkyl halides is 1. The topological polar surface area (TPSA) is 26.0 Å². The molecule has 1 aromatic carbocycles. The van der Waals surface area contributed by atoms with Gasteiger partial charge < -0.3 is 4.42 Å². The highest BCUT2D eigenvalue weighted by atomic mass is 35.5. The van der Waals surface area contributed by atoms with E-state index in [1.807, 2.05) is 0 Å². The highest BCUT2D eigenvalue weighted by molar-refractivity contribution is 6.30. The molecule has 17 heavy (non-hydrogen) atoms. The van der Waals surface area contributed by atoms with Crippen LogP contribution in [0.25, 0.3) is 11.3 Å². The van der Waals surface area contributed by atoms with Gasteiger partial charge in [-0.25, -0.2) is 9.37 Å². The fourth-order valence-electron chi connectivity index (χ4n) is 1.43. The Morgan fingerprint density at radius 2 is 2.18 bits per heavy atom. The van der Waals surface area contributed by atoms with Crippen molar-refractivity contribution >= 4 is 23.2 Å². The lowest BCUT2D eigenvalue weighted by atomic mass is 10.2. The van der Waals surface area contributed by atoms with Gasteiger partial charge in [-0.2, -0.15) is 0 Å². The first kappa shape index (κ1) is 12.4. The zero-order valence-corrected chi connectivity index (χ0v) is 10.4. The third-order valence-corrected chi connectivity index (χ3v) is 2.86. The van der Waals surface area contributed by atoms with Gasteiger partial charge in [0, 0.05) is 17.9 Å². The van der Waals surface area contributed by atoms with E-state index in [1.165, 1.54) is 12.1 Å². The average molecular weight is 274 g/mol. The van der Waals surface area contributed by atoms with E-state index in [0.717, 1.165) is 6.42 Å². The average Bonchev–Trinajstić information content (AvgIpc) is 2.79. The maximum atomic E-state index is 13.3. The van der Waals surface area contributed by atoms with Crippen molar-refractivity contribution in [3.8, 4) is 11.3 Å². The first-order valence-corrected chi connectivity index (χ1v) is 6.08. The van der Waals surface area contributed by atoms with Gasteiger partial charge in [-0.1, -0.05) is 11.6 Å². The van der Waals surface area contributed by atoms with E-state index in [9.17, 15) is 4.39 Å². The van der Waals surface area contributed by atoms with Crippen LogP contribution in [0.5, 0.6) is 0 Å². The normalized spacial score (nSPS) is 10.8. The van der Waals surface area contributed by atoms with Crippen LogP contribution in [0, 0.1) is 5.82 Å². The second kappa shape index (κ2) is 5.52. The van der Waals surface area contributed by atoms with Gasteiger partial charge in [-0.3, -0.25) is 0 Å². The van der Waals surface area contributed by atoms with Crippen LogP contribution >= 0.6 is 23.2 Å². The molecular weight excluding hydrogens is 264 g/mol. The van der Waals surface area contributed by atoms with Gasteiger partial charge in [0.15, 0.2) is 11.7 Å². The van der Waals surface area contributed by atoms with E-state index in [1.54, 1.807) is 12.3 Å². The van der Waals surface area contributed by atoms with E-state index >= 15 is 0 Å². The van der Waals surface area contributed by atoms with E-state index < -0.39 is 5.82 Å². The number of aromatic nitrogens is 1. The molecule has 0 saturated heterocycles. The van der Waals surface area contributed by atoms with Crippen molar-refractivity contribution in [1.29, 1.82) is 0 Å². The summed E-state index contributed by atoms with van der Waals surface area (Å²) in [6, 6.07) is 4.51. The number of hydrogen-bond donors (Lipinski definition) is 0. The zero-order valence-electron chi connectivity index (χ0n) is 8.92. The Kier molecular flexibility index (Phi) is 4.02. The summed E-state index contributed by atoms with van der Waals surface area (Å²) in [5.41, 5.74) is 0.622. The molecule has 0 aliphatic rings. The lowest BCUT2D eigenvalue weighted by Gasteiger charge is -1.98. The predicted molar refractivity (Wildman–Crippen MR) is 65.9 cm³/mol. The summed E-state index contributed by atoms with van der Waals surface area (Å²) in [5, 5.41) is 0.0932. The molecule has 0 spiro atoms. The van der Waals surface area contributed by atoms with Crippen LogP contribution in [0.2, 0.25) is 5.02 Å². The van der Waals surface area contributed by atoms with Gasteiger partial charge in [0.05, 0.1) is 11.2 Å². The fourth-order valence-corrected chi connectivity index (χ4v) is 1.68. The zero-order chi connectivity index (χ0) is 12.3. The van der Waals surface area contributed by atoms with Crippen molar-refractivity contribution in [2.24, 2.45) is 0 Å². The minimum Gasteiger partial charge on any atom is -0.441 e. The molecule has 0 unspecified atom stereocenters. The molecule has 1 heterocycles. The molecule has 5 heteroatoms. The molecule has 0 aliphatic heterocycles. The number of halogens is 3. The third-order valence-electron chi connectivity index (χ3n) is 2.28. The first-order chi connectivity index (χ1) is 8.20. The van der Waals surface area contributed by atoms with Crippen molar-refractivity contribution in [1.82, 2.24) is 4.98 Å². The Balaban J connectivity index is 2.21. The quantitative estimate of drug-likeness (QED) is 0.776. The molecule has 0 amide bonds.